The molecule has 0 amide bonds. The van der Waals surface area contributed by atoms with Gasteiger partial charge >= 0.3 is 11.9 Å². The summed E-state index contributed by atoms with van der Waals surface area (Å²) in [6.07, 6.45) is -15.7. The Morgan fingerprint density at radius 1 is 0.586 bits per heavy atom. The predicted molar refractivity (Wildman–Crippen MR) is 90.3 cm³/mol. The summed E-state index contributed by atoms with van der Waals surface area (Å²) in [7, 11) is 0. The van der Waals surface area contributed by atoms with Crippen molar-refractivity contribution >= 4 is 11.9 Å². The van der Waals surface area contributed by atoms with E-state index in [0.717, 1.165) is 0 Å². The number of aliphatic hydroxyl groups excluding tert-OH is 11. The number of carboxylic acid groups (broad SMARTS) is 2. The molecule has 0 spiro atoms. The normalized spacial score (nSPS) is 18.9. The maximum atomic E-state index is 10.1. The van der Waals surface area contributed by atoms with E-state index in [0.29, 0.717) is 0 Å². The van der Waals surface area contributed by atoms with Gasteiger partial charge in [-0.15, -0.1) is 0 Å². The van der Waals surface area contributed by atoms with Crippen molar-refractivity contribution in [1.82, 2.24) is 0 Å². The number of hydrogen-bond donors (Lipinski definition) is 13. The summed E-state index contributed by atoms with van der Waals surface area (Å²) in [5.74, 6) is -3.45. The predicted octanol–water partition coefficient (Wildman–Crippen LogP) is -6.99. The molecule has 15 nitrogen and oxygen atoms in total. The lowest BCUT2D eigenvalue weighted by molar-refractivity contribution is -0.164. The zero-order valence-electron chi connectivity index (χ0n) is 15.4. The largest absolute Gasteiger partial charge is 0.479 e. The van der Waals surface area contributed by atoms with E-state index in [4.69, 9.17) is 66.4 Å². The average molecular weight is 438 g/mol. The molecule has 15 heteroatoms. The fourth-order valence-corrected chi connectivity index (χ4v) is 1.34. The number of hydrogen-bond acceptors (Lipinski definition) is 13. The molecule has 0 rings (SSSR count). The van der Waals surface area contributed by atoms with Crippen LogP contribution in [0.25, 0.3) is 0 Å². The molecule has 0 aliphatic heterocycles. The molecule has 0 aromatic rings. The van der Waals surface area contributed by atoms with Crippen LogP contribution in [-0.2, 0) is 9.59 Å². The highest BCUT2D eigenvalue weighted by Crippen LogP contribution is 2.05. The van der Waals surface area contributed by atoms with Gasteiger partial charge in [-0.05, 0) is 6.92 Å². The van der Waals surface area contributed by atoms with E-state index in [2.05, 4.69) is 0 Å². The minimum Gasteiger partial charge on any atom is -0.479 e. The SMILES string of the molecule is CCO.O=C(O)C(O)C(O)C(O)C(O)CO.O=C(O)C(O)C(O)C(O)C(O)CO. The molecule has 8 atom stereocenters. The van der Waals surface area contributed by atoms with Gasteiger partial charge in [-0.25, -0.2) is 9.59 Å². The van der Waals surface area contributed by atoms with Gasteiger partial charge in [-0.2, -0.15) is 0 Å². The highest BCUT2D eigenvalue weighted by atomic mass is 16.4. The third-order valence-electron chi connectivity index (χ3n) is 3.02. The van der Waals surface area contributed by atoms with Crippen LogP contribution < -0.4 is 0 Å². The van der Waals surface area contributed by atoms with E-state index in [1.54, 1.807) is 6.92 Å². The van der Waals surface area contributed by atoms with Crippen LogP contribution in [0.3, 0.4) is 0 Å². The summed E-state index contributed by atoms with van der Waals surface area (Å²) in [6.45, 7) is 0.245. The standard InChI is InChI=1S/2C6H12O7.C2H6O/c2*7-1-2(8)3(9)4(10)5(11)6(12)13;1-2-3/h2*2-5,7-11H,1H2,(H,12,13);3H,2H2,1H3. The first-order valence-corrected chi connectivity index (χ1v) is 7.97. The summed E-state index contributed by atoms with van der Waals surface area (Å²) in [4.78, 5) is 20.2. The Labute approximate surface area is 164 Å². The first-order chi connectivity index (χ1) is 13.2. The molecule has 0 aliphatic carbocycles. The van der Waals surface area contributed by atoms with Crippen LogP contribution in [0.5, 0.6) is 0 Å². The van der Waals surface area contributed by atoms with Gasteiger partial charge < -0.3 is 66.4 Å². The van der Waals surface area contributed by atoms with Gasteiger partial charge in [-0.3, -0.25) is 0 Å². The van der Waals surface area contributed by atoms with Crippen molar-refractivity contribution in [3.63, 3.8) is 0 Å². The van der Waals surface area contributed by atoms with E-state index in [9.17, 15) is 9.59 Å². The van der Waals surface area contributed by atoms with Gasteiger partial charge in [0.25, 0.3) is 0 Å². The van der Waals surface area contributed by atoms with Gasteiger partial charge in [-0.1, -0.05) is 0 Å². The third kappa shape index (κ3) is 13.4. The van der Waals surface area contributed by atoms with Crippen molar-refractivity contribution in [3.05, 3.63) is 0 Å². The Balaban J connectivity index is -0.000000410. The van der Waals surface area contributed by atoms with Crippen molar-refractivity contribution in [2.75, 3.05) is 19.8 Å². The first-order valence-electron chi connectivity index (χ1n) is 7.97. The topological polar surface area (TPSA) is 297 Å². The third-order valence-corrected chi connectivity index (χ3v) is 3.02. The quantitative estimate of drug-likeness (QED) is 0.151. The maximum absolute atomic E-state index is 10.1. The highest BCUT2D eigenvalue weighted by molar-refractivity contribution is 5.73. The van der Waals surface area contributed by atoms with Crippen molar-refractivity contribution in [2.45, 2.75) is 55.8 Å². The summed E-state index contributed by atoms with van der Waals surface area (Å²) in [5, 5.41) is 111. The molecule has 8 unspecified atom stereocenters. The van der Waals surface area contributed by atoms with E-state index in [1.165, 1.54) is 0 Å². The molecule has 0 saturated heterocycles. The summed E-state index contributed by atoms with van der Waals surface area (Å²) < 4.78 is 0. The average Bonchev–Trinajstić information content (AvgIpc) is 2.69. The highest BCUT2D eigenvalue weighted by Gasteiger charge is 2.34. The Morgan fingerprint density at radius 3 is 0.931 bits per heavy atom. The smallest absolute Gasteiger partial charge is 0.335 e. The molecule has 0 radical (unpaired) electrons. The molecule has 0 aromatic heterocycles. The number of aliphatic hydroxyl groups is 11. The number of carboxylic acids is 2. The van der Waals surface area contributed by atoms with Crippen molar-refractivity contribution in [1.29, 1.82) is 0 Å². The van der Waals surface area contributed by atoms with Crippen LogP contribution in [0.4, 0.5) is 0 Å². The molecule has 176 valence electrons. The van der Waals surface area contributed by atoms with Crippen LogP contribution in [0.1, 0.15) is 6.92 Å². The van der Waals surface area contributed by atoms with Crippen molar-refractivity contribution < 1.29 is 76.0 Å². The van der Waals surface area contributed by atoms with Gasteiger partial charge in [0, 0.05) is 6.61 Å². The lowest BCUT2D eigenvalue weighted by atomic mass is 10.0. The van der Waals surface area contributed by atoms with Crippen LogP contribution in [0, 0.1) is 0 Å². The van der Waals surface area contributed by atoms with Gasteiger partial charge in [0.05, 0.1) is 13.2 Å². The summed E-state index contributed by atoms with van der Waals surface area (Å²) >= 11 is 0. The van der Waals surface area contributed by atoms with Crippen LogP contribution in [-0.4, -0.2) is 147 Å². The molecule has 0 bridgehead atoms. The Kier molecular flexibility index (Phi) is 19.3. The Hall–Kier alpha value is -1.50. The minimum absolute atomic E-state index is 0.250. The van der Waals surface area contributed by atoms with Crippen LogP contribution >= 0.6 is 0 Å². The second kappa shape index (κ2) is 17.4. The zero-order chi connectivity index (χ0) is 23.9. The van der Waals surface area contributed by atoms with Crippen LogP contribution in [0.15, 0.2) is 0 Å². The van der Waals surface area contributed by atoms with Gasteiger partial charge in [0.2, 0.25) is 0 Å². The molecule has 13 N–H and O–H groups in total. The van der Waals surface area contributed by atoms with E-state index in [-0.39, 0.29) is 6.61 Å². The molecular weight excluding hydrogens is 408 g/mol. The number of rotatable bonds is 10. The van der Waals surface area contributed by atoms with Crippen molar-refractivity contribution in [3.8, 4) is 0 Å². The molecule has 0 saturated carbocycles. The van der Waals surface area contributed by atoms with Gasteiger partial charge in [0.15, 0.2) is 12.2 Å². The first kappa shape index (κ1) is 32.2. The fourth-order valence-electron chi connectivity index (χ4n) is 1.34. The molecule has 0 fully saturated rings. The van der Waals surface area contributed by atoms with E-state index >= 15 is 0 Å². The lowest BCUT2D eigenvalue weighted by Gasteiger charge is -2.23. The Morgan fingerprint density at radius 2 is 0.793 bits per heavy atom. The van der Waals surface area contributed by atoms with E-state index in [1.807, 2.05) is 0 Å². The molecular formula is C14H30O15. The maximum Gasteiger partial charge on any atom is 0.335 e. The van der Waals surface area contributed by atoms with Crippen molar-refractivity contribution in [2.24, 2.45) is 0 Å². The van der Waals surface area contributed by atoms with Gasteiger partial charge in [0.1, 0.15) is 36.6 Å². The molecule has 0 aromatic carbocycles. The monoisotopic (exact) mass is 438 g/mol. The second-order valence-corrected chi connectivity index (χ2v) is 5.34. The zero-order valence-corrected chi connectivity index (χ0v) is 15.4. The molecule has 0 heterocycles. The summed E-state index contributed by atoms with van der Waals surface area (Å²) in [6, 6.07) is 0. The molecule has 0 aliphatic rings. The Bertz CT molecular complexity index is 395. The number of aliphatic carboxylic acids is 2. The van der Waals surface area contributed by atoms with E-state index < -0.39 is 74.0 Å². The molecule has 29 heavy (non-hydrogen) atoms. The number of carbonyl (C=O) groups is 2. The minimum atomic E-state index is -2.20. The summed E-state index contributed by atoms with van der Waals surface area (Å²) in [5.41, 5.74) is 0. The fraction of sp³-hybridized carbons (Fsp3) is 0.857. The van der Waals surface area contributed by atoms with Crippen LogP contribution in [0.2, 0.25) is 0 Å². The lowest BCUT2D eigenvalue weighted by Crippen LogP contribution is -2.48. The second-order valence-electron chi connectivity index (χ2n) is 5.34.